The number of hydrogen-bond donors (Lipinski definition) is 2. The minimum absolute atomic E-state index is 0.00974. The van der Waals surface area contributed by atoms with Crippen LogP contribution in [0.15, 0.2) is 185 Å². The molecule has 2 N–H and O–H groups in total. The van der Waals surface area contributed by atoms with Crippen molar-refractivity contribution in [3.05, 3.63) is 170 Å². The molecule has 0 saturated carbocycles. The van der Waals surface area contributed by atoms with E-state index in [2.05, 4.69) is 150 Å². The molecule has 0 atom stereocenters. The van der Waals surface area contributed by atoms with Crippen molar-refractivity contribution in [3.8, 4) is 22.3 Å². The number of H-pyrrole nitrogens is 1. The fourth-order valence-electron chi connectivity index (χ4n) is 8.03. The molecule has 0 aliphatic carbocycles. The van der Waals surface area contributed by atoms with Crippen molar-refractivity contribution in [1.82, 2.24) is 15.3 Å². The van der Waals surface area contributed by atoms with E-state index in [0.717, 1.165) is 43.2 Å². The van der Waals surface area contributed by atoms with Crippen LogP contribution >= 0.6 is 58.0 Å². The van der Waals surface area contributed by atoms with Gasteiger partial charge in [-0.25, -0.2) is 14.6 Å². The molecule has 3 aromatic heterocycles. The second kappa shape index (κ2) is 19.8. The highest BCUT2D eigenvalue weighted by atomic mass is 32.2. The van der Waals surface area contributed by atoms with Gasteiger partial charge in [0.05, 0.1) is 17.6 Å². The smallest absolute Gasteiger partial charge is 0.407 e. The minimum Gasteiger partial charge on any atom is -0.461 e. The molecule has 12 heteroatoms. The number of carbonyl (C=O) groups is 2. The molecule has 0 radical (unpaired) electrons. The number of para-hydroxylation sites is 2. The number of aromatic amines is 1. The third-order valence-corrected chi connectivity index (χ3v) is 17.7. The maximum absolute atomic E-state index is 13.4. The summed E-state index contributed by atoms with van der Waals surface area (Å²) in [5, 5.41) is 8.66. The largest absolute Gasteiger partial charge is 0.461 e. The highest BCUT2D eigenvalue weighted by Gasteiger charge is 2.34. The van der Waals surface area contributed by atoms with Gasteiger partial charge in [-0.05, 0) is 70.8 Å². The third kappa shape index (κ3) is 9.61. The molecule has 0 fully saturated rings. The number of esters is 1. The molecule has 10 rings (SSSR count). The second-order valence-electron chi connectivity index (χ2n) is 15.9. The number of aromatic nitrogens is 2. The number of thiophene rings is 2. The van der Waals surface area contributed by atoms with Crippen LogP contribution in [0.25, 0.3) is 73.6 Å². The zero-order valence-electron chi connectivity index (χ0n) is 35.7. The summed E-state index contributed by atoms with van der Waals surface area (Å²) in [6.45, 7) is 3.70. The van der Waals surface area contributed by atoms with Gasteiger partial charge >= 0.3 is 12.1 Å². The Labute approximate surface area is 403 Å². The number of hydrogen-bond acceptors (Lipinski definition) is 10. The first kappa shape index (κ1) is 43.9. The fourth-order valence-corrected chi connectivity index (χ4v) is 14.3. The lowest BCUT2D eigenvalue weighted by Gasteiger charge is -2.32. The van der Waals surface area contributed by atoms with E-state index in [-0.39, 0.29) is 19.8 Å². The summed E-state index contributed by atoms with van der Waals surface area (Å²) in [6.07, 6.45) is 0.525. The average molecular weight is 958 g/mol. The molecule has 3 heterocycles. The van der Waals surface area contributed by atoms with Gasteiger partial charge in [-0.15, -0.1) is 46.2 Å². The van der Waals surface area contributed by atoms with Gasteiger partial charge in [-0.3, -0.25) is 0 Å². The molecule has 0 bridgehead atoms. The summed E-state index contributed by atoms with van der Waals surface area (Å²) < 4.78 is 16.3. The number of carbonyl (C=O) groups excluding carboxylic acids is 2. The number of nitrogens with one attached hydrogen (secondary N) is 2. The zero-order chi connectivity index (χ0) is 44.9. The van der Waals surface area contributed by atoms with Gasteiger partial charge < -0.3 is 19.8 Å². The Morgan fingerprint density at radius 2 is 1.18 bits per heavy atom. The van der Waals surface area contributed by atoms with Crippen LogP contribution in [0.5, 0.6) is 0 Å². The Balaban J connectivity index is 0.966. The average Bonchev–Trinajstić information content (AvgIpc) is 4.08. The van der Waals surface area contributed by atoms with E-state index in [0.29, 0.717) is 17.3 Å². The Kier molecular flexibility index (Phi) is 13.2. The number of fused-ring (bicyclic) bond motifs is 7. The maximum atomic E-state index is 13.4. The van der Waals surface area contributed by atoms with Gasteiger partial charge in [0.15, 0.2) is 5.16 Å². The van der Waals surface area contributed by atoms with Gasteiger partial charge in [-0.2, -0.15) is 0 Å². The fraction of sp³-hybridized carbons (Fsp3) is 0.130. The summed E-state index contributed by atoms with van der Waals surface area (Å²) in [7, 11) is 0. The van der Waals surface area contributed by atoms with Crippen LogP contribution in [0.3, 0.4) is 0 Å². The van der Waals surface area contributed by atoms with E-state index in [1.807, 2.05) is 46.9 Å². The van der Waals surface area contributed by atoms with Crippen LogP contribution in [0.4, 0.5) is 4.79 Å². The Morgan fingerprint density at radius 1 is 0.636 bits per heavy atom. The van der Waals surface area contributed by atoms with Crippen molar-refractivity contribution < 1.29 is 19.1 Å². The Bertz CT molecular complexity index is 3200. The van der Waals surface area contributed by atoms with Crippen LogP contribution in [0.1, 0.15) is 0 Å². The topological polar surface area (TPSA) is 93.3 Å². The van der Waals surface area contributed by atoms with E-state index >= 15 is 0 Å². The molecule has 7 aromatic carbocycles. The Morgan fingerprint density at radius 3 is 1.79 bits per heavy atom. The number of ether oxygens (including phenoxy) is 2. The third-order valence-electron chi connectivity index (χ3n) is 11.4. The quantitative estimate of drug-likeness (QED) is 0.0403. The van der Waals surface area contributed by atoms with E-state index in [4.69, 9.17) is 14.5 Å². The first-order chi connectivity index (χ1) is 32.4. The molecule has 66 heavy (non-hydrogen) atoms. The van der Waals surface area contributed by atoms with E-state index in [1.54, 1.807) is 35.3 Å². The summed E-state index contributed by atoms with van der Waals surface area (Å²) in [6, 6.07) is 55.9. The number of benzene rings is 7. The van der Waals surface area contributed by atoms with Crippen molar-refractivity contribution in [2.75, 3.05) is 37.0 Å². The highest BCUT2D eigenvalue weighted by molar-refractivity contribution is 8.01. The zero-order valence-corrected chi connectivity index (χ0v) is 39.7. The highest BCUT2D eigenvalue weighted by Crippen LogP contribution is 2.44. The molecule has 0 saturated heterocycles. The summed E-state index contributed by atoms with van der Waals surface area (Å²) in [5.74, 6) is 1.36. The molecule has 0 unspecified atom stereocenters. The SMILES string of the molecule is C=CC(=O)OCCNC(=O)OCC(CSc1cccc(-c2cccc3c2sc2ccccc23)c1)(CSc1cccc(-c2cccc3c2sc2ccccc23)c1)CSc1nc2ccccc2[nH]1. The minimum atomic E-state index is -0.574. The van der Waals surface area contributed by atoms with Crippen molar-refractivity contribution in [2.45, 2.75) is 14.9 Å². The summed E-state index contributed by atoms with van der Waals surface area (Å²) >= 11 is 8.85. The first-order valence-corrected chi connectivity index (χ1v) is 26.1. The molecular formula is C54H43N3O4S5. The van der Waals surface area contributed by atoms with Crippen LogP contribution in [0.2, 0.25) is 0 Å². The molecule has 7 nitrogen and oxygen atoms in total. The van der Waals surface area contributed by atoms with Gasteiger partial charge in [0.1, 0.15) is 13.2 Å². The van der Waals surface area contributed by atoms with E-state index in [1.165, 1.54) is 51.5 Å². The van der Waals surface area contributed by atoms with E-state index < -0.39 is 17.5 Å². The van der Waals surface area contributed by atoms with Crippen molar-refractivity contribution >= 4 is 121 Å². The predicted octanol–water partition coefficient (Wildman–Crippen LogP) is 14.8. The van der Waals surface area contributed by atoms with Gasteiger partial charge in [-0.1, -0.05) is 128 Å². The number of thioether (sulfide) groups is 3. The predicted molar refractivity (Wildman–Crippen MR) is 281 cm³/mol. The lowest BCUT2D eigenvalue weighted by Crippen LogP contribution is -2.39. The molecule has 328 valence electrons. The van der Waals surface area contributed by atoms with Crippen LogP contribution in [0, 0.1) is 5.41 Å². The normalized spacial score (nSPS) is 11.8. The van der Waals surface area contributed by atoms with Crippen molar-refractivity contribution in [1.29, 1.82) is 0 Å². The molecule has 0 spiro atoms. The lowest BCUT2D eigenvalue weighted by atomic mass is 9.97. The lowest BCUT2D eigenvalue weighted by molar-refractivity contribution is -0.137. The second-order valence-corrected chi connectivity index (χ2v) is 21.1. The van der Waals surface area contributed by atoms with Gasteiger partial charge in [0.2, 0.25) is 0 Å². The molecular weight excluding hydrogens is 915 g/mol. The Hall–Kier alpha value is -6.02. The molecule has 0 aliphatic heterocycles. The molecule has 10 aromatic rings. The van der Waals surface area contributed by atoms with Gasteiger partial charge in [0, 0.05) is 78.9 Å². The number of nitrogens with zero attached hydrogens (tertiary/aromatic N) is 1. The van der Waals surface area contributed by atoms with Crippen LogP contribution < -0.4 is 5.32 Å². The van der Waals surface area contributed by atoms with Crippen molar-refractivity contribution in [2.24, 2.45) is 5.41 Å². The van der Waals surface area contributed by atoms with Crippen LogP contribution in [-0.2, 0) is 14.3 Å². The van der Waals surface area contributed by atoms with Crippen LogP contribution in [-0.4, -0.2) is 59.0 Å². The molecule has 0 aliphatic rings. The number of imidazole rings is 1. The van der Waals surface area contributed by atoms with Gasteiger partial charge in [0.25, 0.3) is 0 Å². The monoisotopic (exact) mass is 957 g/mol. The summed E-state index contributed by atoms with van der Waals surface area (Å²) in [5.41, 5.74) is 6.07. The van der Waals surface area contributed by atoms with Crippen molar-refractivity contribution in [3.63, 3.8) is 0 Å². The summed E-state index contributed by atoms with van der Waals surface area (Å²) in [4.78, 5) is 35.7. The molecule has 1 amide bonds. The number of rotatable bonds is 17. The number of alkyl carbamates (subject to hydrolysis) is 1. The number of amides is 1. The van der Waals surface area contributed by atoms with E-state index in [9.17, 15) is 9.59 Å². The standard InChI is InChI=1S/C54H43N3O4S5/c1-2-49(58)60-28-27-55-53(59)61-31-54(34-64-52-56-45-23-5-6-24-46(45)57-52,32-62-37-15-9-13-35(29-37)39-19-11-21-43-41-17-3-7-25-47(41)65-50(39)43)33-63-38-16-10-14-36(30-38)40-20-12-22-44-42-18-4-8-26-48(42)66-51(40)44/h2-26,29-30H,1,27-28,31-34H2,(H,55,59)(H,56,57). The maximum Gasteiger partial charge on any atom is 0.407 e. The first-order valence-electron chi connectivity index (χ1n) is 21.5.